The summed E-state index contributed by atoms with van der Waals surface area (Å²) in [6.45, 7) is 9.84. The van der Waals surface area contributed by atoms with Crippen LogP contribution in [0.4, 0.5) is 0 Å². The van der Waals surface area contributed by atoms with Crippen molar-refractivity contribution in [3.8, 4) is 5.75 Å². The summed E-state index contributed by atoms with van der Waals surface area (Å²) in [4.78, 5) is 30.6. The number of benzene rings is 2. The number of aryl methyl sites for hydroxylation is 1. The lowest BCUT2D eigenvalue weighted by Crippen LogP contribution is -2.50. The molecule has 0 aliphatic heterocycles. The van der Waals surface area contributed by atoms with E-state index < -0.39 is 5.54 Å². The molecule has 0 spiro atoms. The number of amides is 2. The van der Waals surface area contributed by atoms with Gasteiger partial charge in [-0.05, 0) is 57.5 Å². The molecule has 0 unspecified atom stereocenters. The minimum Gasteiger partial charge on any atom is -0.496 e. The van der Waals surface area contributed by atoms with Gasteiger partial charge in [0.1, 0.15) is 12.3 Å². The van der Waals surface area contributed by atoms with Gasteiger partial charge < -0.3 is 23.8 Å². The second-order valence-corrected chi connectivity index (χ2v) is 10.2. The van der Waals surface area contributed by atoms with E-state index >= 15 is 0 Å². The molecule has 0 N–H and O–H groups in total. The van der Waals surface area contributed by atoms with E-state index in [0.29, 0.717) is 31.0 Å². The predicted octanol–water partition coefficient (Wildman–Crippen LogP) is 4.77. The van der Waals surface area contributed by atoms with Gasteiger partial charge >= 0.3 is 0 Å². The summed E-state index contributed by atoms with van der Waals surface area (Å²) in [5.74, 6) is 0.0821. The Kier molecular flexibility index (Phi) is 9.53. The van der Waals surface area contributed by atoms with Crippen molar-refractivity contribution in [3.63, 3.8) is 0 Å². The first kappa shape index (κ1) is 28.0. The summed E-state index contributed by atoms with van der Waals surface area (Å²) in [6.07, 6.45) is 2.04. The number of carbonyl (C=O) groups is 2. The van der Waals surface area contributed by atoms with Gasteiger partial charge in [0.2, 0.25) is 5.91 Å². The first-order valence-corrected chi connectivity index (χ1v) is 12.5. The molecule has 3 rings (SSSR count). The molecule has 0 bridgehead atoms. The number of hydrogen-bond acceptors (Lipinski definition) is 4. The molecule has 1 aromatic heterocycles. The van der Waals surface area contributed by atoms with Crippen LogP contribution in [0.25, 0.3) is 0 Å². The predicted molar refractivity (Wildman–Crippen MR) is 146 cm³/mol. The average molecular weight is 506 g/mol. The molecule has 3 aromatic rings. The van der Waals surface area contributed by atoms with Crippen LogP contribution in [-0.4, -0.2) is 65.6 Å². The number of aromatic nitrogens is 1. The molecule has 0 fully saturated rings. The van der Waals surface area contributed by atoms with E-state index in [4.69, 9.17) is 9.47 Å². The maximum absolute atomic E-state index is 13.7. The van der Waals surface area contributed by atoms with Gasteiger partial charge in [-0.25, -0.2) is 0 Å². The van der Waals surface area contributed by atoms with Crippen LogP contribution in [0, 0.1) is 6.92 Å². The monoisotopic (exact) mass is 505 g/mol. The van der Waals surface area contributed by atoms with Crippen LogP contribution in [0.1, 0.15) is 48.0 Å². The smallest absolute Gasteiger partial charge is 0.258 e. The third-order valence-electron chi connectivity index (χ3n) is 6.31. The van der Waals surface area contributed by atoms with Gasteiger partial charge in [0.05, 0.1) is 25.8 Å². The van der Waals surface area contributed by atoms with Gasteiger partial charge in [0.25, 0.3) is 5.91 Å². The Morgan fingerprint density at radius 2 is 1.73 bits per heavy atom. The van der Waals surface area contributed by atoms with Gasteiger partial charge in [-0.15, -0.1) is 0 Å². The third kappa shape index (κ3) is 7.46. The number of nitrogens with zero attached hydrogens (tertiary/aromatic N) is 3. The average Bonchev–Trinajstić information content (AvgIpc) is 3.30. The number of rotatable bonds is 11. The molecule has 198 valence electrons. The molecule has 7 heteroatoms. The lowest BCUT2D eigenvalue weighted by atomic mass is 10.0. The van der Waals surface area contributed by atoms with Gasteiger partial charge in [-0.2, -0.15) is 0 Å². The Labute approximate surface area is 220 Å². The molecule has 2 aromatic carbocycles. The first-order chi connectivity index (χ1) is 17.6. The van der Waals surface area contributed by atoms with Gasteiger partial charge in [0.15, 0.2) is 0 Å². The normalized spacial score (nSPS) is 11.3. The number of carbonyl (C=O) groups excluding carboxylic acids is 2. The molecule has 0 saturated carbocycles. The highest BCUT2D eigenvalue weighted by Crippen LogP contribution is 2.22. The SMILES string of the molecule is COCCN(CC(=O)N(Cc1cccn1Cc1cccc(C)c1)C(C)(C)C)C(=O)c1ccccc1OC. The lowest BCUT2D eigenvalue weighted by molar-refractivity contribution is -0.137. The Hall–Kier alpha value is -3.58. The zero-order valence-corrected chi connectivity index (χ0v) is 22.9. The second kappa shape index (κ2) is 12.6. The highest BCUT2D eigenvalue weighted by molar-refractivity contribution is 5.98. The molecule has 0 aliphatic rings. The van der Waals surface area contributed by atoms with Crippen LogP contribution >= 0.6 is 0 Å². The Bertz CT molecular complexity index is 1200. The van der Waals surface area contributed by atoms with Crippen LogP contribution < -0.4 is 4.74 Å². The van der Waals surface area contributed by atoms with Crippen molar-refractivity contribution in [3.05, 3.63) is 89.2 Å². The van der Waals surface area contributed by atoms with Gasteiger partial charge in [0, 0.05) is 37.6 Å². The highest BCUT2D eigenvalue weighted by Gasteiger charge is 2.30. The van der Waals surface area contributed by atoms with Crippen molar-refractivity contribution >= 4 is 11.8 Å². The number of methoxy groups -OCH3 is 2. The fraction of sp³-hybridized carbons (Fsp3) is 0.400. The molecule has 7 nitrogen and oxygen atoms in total. The van der Waals surface area contributed by atoms with Gasteiger partial charge in [-0.3, -0.25) is 9.59 Å². The lowest BCUT2D eigenvalue weighted by Gasteiger charge is -2.37. The molecule has 1 heterocycles. The fourth-order valence-corrected chi connectivity index (χ4v) is 4.31. The van der Waals surface area contributed by atoms with Crippen LogP contribution in [0.15, 0.2) is 66.9 Å². The highest BCUT2D eigenvalue weighted by atomic mass is 16.5. The van der Waals surface area contributed by atoms with E-state index in [1.807, 2.05) is 50.1 Å². The Morgan fingerprint density at radius 1 is 0.973 bits per heavy atom. The topological polar surface area (TPSA) is 64.0 Å². The maximum Gasteiger partial charge on any atom is 0.258 e. The minimum atomic E-state index is -0.448. The zero-order chi connectivity index (χ0) is 27.0. The molecule has 2 amide bonds. The van der Waals surface area contributed by atoms with Crippen LogP contribution in [-0.2, 0) is 22.6 Å². The zero-order valence-electron chi connectivity index (χ0n) is 22.9. The maximum atomic E-state index is 13.7. The van der Waals surface area contributed by atoms with Gasteiger partial charge in [-0.1, -0.05) is 42.0 Å². The Balaban J connectivity index is 1.83. The summed E-state index contributed by atoms with van der Waals surface area (Å²) < 4.78 is 12.8. The van der Waals surface area contributed by atoms with Crippen molar-refractivity contribution in [2.45, 2.75) is 46.3 Å². The van der Waals surface area contributed by atoms with E-state index in [2.05, 4.69) is 35.8 Å². The van der Waals surface area contributed by atoms with E-state index in [-0.39, 0.29) is 18.4 Å². The van der Waals surface area contributed by atoms with Crippen molar-refractivity contribution in [2.24, 2.45) is 0 Å². The van der Waals surface area contributed by atoms with Crippen molar-refractivity contribution in [2.75, 3.05) is 33.9 Å². The summed E-state index contributed by atoms with van der Waals surface area (Å²) in [5.41, 5.74) is 3.43. The van der Waals surface area contributed by atoms with Crippen LogP contribution in [0.5, 0.6) is 5.75 Å². The number of hydrogen-bond donors (Lipinski definition) is 0. The van der Waals surface area contributed by atoms with Crippen LogP contribution in [0.2, 0.25) is 0 Å². The molecule has 37 heavy (non-hydrogen) atoms. The molecular formula is C30H39N3O4. The molecule has 0 saturated heterocycles. The van der Waals surface area contributed by atoms with E-state index in [9.17, 15) is 9.59 Å². The van der Waals surface area contributed by atoms with E-state index in [0.717, 1.165) is 12.2 Å². The summed E-state index contributed by atoms with van der Waals surface area (Å²) in [7, 11) is 3.11. The number of ether oxygens (including phenoxy) is 2. The molecule has 0 atom stereocenters. The van der Waals surface area contributed by atoms with E-state index in [1.54, 1.807) is 25.3 Å². The van der Waals surface area contributed by atoms with Crippen molar-refractivity contribution in [1.29, 1.82) is 0 Å². The molecular weight excluding hydrogens is 466 g/mol. The molecule has 0 aliphatic carbocycles. The third-order valence-corrected chi connectivity index (χ3v) is 6.31. The van der Waals surface area contributed by atoms with E-state index in [1.165, 1.54) is 23.1 Å². The van der Waals surface area contributed by atoms with Crippen LogP contribution in [0.3, 0.4) is 0 Å². The largest absolute Gasteiger partial charge is 0.496 e. The standard InChI is InChI=1S/C30H39N3O4/c1-23-11-9-12-24(19-23)20-31-16-10-13-25(31)21-33(30(2,3)4)28(34)22-32(17-18-36-5)29(35)26-14-7-8-15-27(26)37-6/h7-16,19H,17-18,20-22H2,1-6H3. The molecule has 0 radical (unpaired) electrons. The fourth-order valence-electron chi connectivity index (χ4n) is 4.31. The minimum absolute atomic E-state index is 0.0594. The van der Waals surface area contributed by atoms with Crippen molar-refractivity contribution < 1.29 is 19.1 Å². The number of para-hydroxylation sites is 1. The second-order valence-electron chi connectivity index (χ2n) is 10.2. The summed E-state index contributed by atoms with van der Waals surface area (Å²) in [6, 6.07) is 19.5. The summed E-state index contributed by atoms with van der Waals surface area (Å²) >= 11 is 0. The quantitative estimate of drug-likeness (QED) is 0.377. The Morgan fingerprint density at radius 3 is 2.41 bits per heavy atom. The summed E-state index contributed by atoms with van der Waals surface area (Å²) in [5, 5.41) is 0. The first-order valence-electron chi connectivity index (χ1n) is 12.5. The van der Waals surface area contributed by atoms with Crippen molar-refractivity contribution in [1.82, 2.24) is 14.4 Å².